The predicted octanol–water partition coefficient (Wildman–Crippen LogP) is 4.44. The molecule has 0 saturated carbocycles. The molecular weight excluding hydrogens is 407 g/mol. The number of hydrogen-bond acceptors (Lipinski definition) is 3. The summed E-state index contributed by atoms with van der Waals surface area (Å²) in [4.78, 5) is 31.5. The van der Waals surface area contributed by atoms with Gasteiger partial charge in [0.25, 0.3) is 0 Å². The van der Waals surface area contributed by atoms with Gasteiger partial charge in [0.15, 0.2) is 0 Å². The van der Waals surface area contributed by atoms with Crippen LogP contribution in [0.1, 0.15) is 12.0 Å². The summed E-state index contributed by atoms with van der Waals surface area (Å²) in [5.41, 5.74) is 4.94. The number of carbonyl (C=O) groups is 2. The number of pyridine rings is 1. The predicted molar refractivity (Wildman–Crippen MR) is 121 cm³/mol. The van der Waals surface area contributed by atoms with E-state index in [0.29, 0.717) is 11.4 Å². The lowest BCUT2D eigenvalue weighted by Crippen LogP contribution is -2.28. The molecule has 7 heteroatoms. The van der Waals surface area contributed by atoms with Gasteiger partial charge >= 0.3 is 0 Å². The van der Waals surface area contributed by atoms with Crippen molar-refractivity contribution in [3.05, 3.63) is 84.4 Å². The number of rotatable bonds is 4. The van der Waals surface area contributed by atoms with E-state index in [1.807, 2.05) is 60.1 Å². The van der Waals surface area contributed by atoms with E-state index in [-0.39, 0.29) is 30.6 Å². The minimum atomic E-state index is -0.477. The maximum atomic E-state index is 13.2. The molecule has 6 nitrogen and oxygen atoms in total. The Balaban J connectivity index is 1.31. The second-order valence-electron chi connectivity index (χ2n) is 8.05. The molecule has 2 aromatic heterocycles. The van der Waals surface area contributed by atoms with Crippen LogP contribution in [0.15, 0.2) is 73.1 Å². The van der Waals surface area contributed by atoms with Crippen LogP contribution >= 0.6 is 0 Å². The Morgan fingerprint density at radius 1 is 1.12 bits per heavy atom. The van der Waals surface area contributed by atoms with E-state index in [1.54, 1.807) is 12.1 Å². The van der Waals surface area contributed by atoms with E-state index in [9.17, 15) is 14.0 Å². The van der Waals surface area contributed by atoms with Crippen LogP contribution in [0.4, 0.5) is 15.8 Å². The number of imidazole rings is 1. The number of nitrogens with zero attached hydrogens (tertiary/aromatic N) is 3. The summed E-state index contributed by atoms with van der Waals surface area (Å²) in [5.74, 6) is -1.21. The Morgan fingerprint density at radius 2 is 1.94 bits per heavy atom. The molecule has 0 spiro atoms. The average molecular weight is 428 g/mol. The van der Waals surface area contributed by atoms with E-state index in [1.165, 1.54) is 17.0 Å². The molecule has 5 rings (SSSR count). The van der Waals surface area contributed by atoms with Gasteiger partial charge in [-0.05, 0) is 61.0 Å². The van der Waals surface area contributed by atoms with Crippen molar-refractivity contribution < 1.29 is 14.0 Å². The molecule has 160 valence electrons. The minimum absolute atomic E-state index is 0.120. The van der Waals surface area contributed by atoms with E-state index in [0.717, 1.165) is 22.5 Å². The van der Waals surface area contributed by atoms with Gasteiger partial charge in [-0.15, -0.1) is 0 Å². The van der Waals surface area contributed by atoms with Gasteiger partial charge in [0.1, 0.15) is 11.5 Å². The first-order valence-electron chi connectivity index (χ1n) is 10.4. The van der Waals surface area contributed by atoms with Crippen LogP contribution in [-0.2, 0) is 9.59 Å². The topological polar surface area (TPSA) is 66.7 Å². The summed E-state index contributed by atoms with van der Waals surface area (Å²) in [5, 5.41) is 2.93. The number of aryl methyl sites for hydroxylation is 1. The quantitative estimate of drug-likeness (QED) is 0.523. The summed E-state index contributed by atoms with van der Waals surface area (Å²) >= 11 is 0. The number of benzene rings is 2. The van der Waals surface area contributed by atoms with Gasteiger partial charge in [0.2, 0.25) is 11.8 Å². The van der Waals surface area contributed by atoms with E-state index in [4.69, 9.17) is 0 Å². The zero-order chi connectivity index (χ0) is 22.2. The summed E-state index contributed by atoms with van der Waals surface area (Å²) < 4.78 is 15.1. The number of halogens is 1. The molecule has 1 atom stereocenters. The molecule has 0 bridgehead atoms. The number of amides is 2. The highest BCUT2D eigenvalue weighted by Crippen LogP contribution is 2.27. The maximum Gasteiger partial charge on any atom is 0.229 e. The van der Waals surface area contributed by atoms with Crippen molar-refractivity contribution in [3.8, 4) is 11.3 Å². The van der Waals surface area contributed by atoms with Crippen LogP contribution in [0.5, 0.6) is 0 Å². The summed E-state index contributed by atoms with van der Waals surface area (Å²) in [6.45, 7) is 2.29. The van der Waals surface area contributed by atoms with Gasteiger partial charge in [-0.2, -0.15) is 0 Å². The molecule has 4 aromatic rings. The fourth-order valence-electron chi connectivity index (χ4n) is 3.98. The standard InChI is InChI=1S/C25H21FN4O2/c1-16-9-10-29-15-22(28-23(29)11-16)17-3-2-4-20(12-17)27-25(32)18-13-24(31)30(14-18)21-7-5-19(26)6-8-21/h2-12,15,18H,13-14H2,1H3,(H,27,32)/t18-/m0/s1. The van der Waals surface area contributed by atoms with Crippen LogP contribution in [-0.4, -0.2) is 27.7 Å². The number of hydrogen-bond donors (Lipinski definition) is 1. The van der Waals surface area contributed by atoms with E-state index in [2.05, 4.69) is 10.3 Å². The molecular formula is C25H21FN4O2. The molecule has 0 radical (unpaired) electrons. The second kappa shape index (κ2) is 7.92. The fraction of sp³-hybridized carbons (Fsp3) is 0.160. The van der Waals surface area contributed by atoms with Crippen molar-refractivity contribution >= 4 is 28.8 Å². The Kier molecular flexibility index (Phi) is 4.93. The normalized spacial score (nSPS) is 16.0. The van der Waals surface area contributed by atoms with Crippen molar-refractivity contribution in [3.63, 3.8) is 0 Å². The molecule has 1 N–H and O–H groups in total. The maximum absolute atomic E-state index is 13.2. The average Bonchev–Trinajstić information content (AvgIpc) is 3.38. The van der Waals surface area contributed by atoms with Gasteiger partial charge in [-0.3, -0.25) is 9.59 Å². The van der Waals surface area contributed by atoms with Crippen molar-refractivity contribution in [2.75, 3.05) is 16.8 Å². The van der Waals surface area contributed by atoms with Gasteiger partial charge in [0.05, 0.1) is 11.6 Å². The monoisotopic (exact) mass is 428 g/mol. The van der Waals surface area contributed by atoms with Crippen molar-refractivity contribution in [2.24, 2.45) is 5.92 Å². The third-order valence-corrected chi connectivity index (χ3v) is 5.68. The Labute approximate surface area is 184 Å². The molecule has 2 aromatic carbocycles. The van der Waals surface area contributed by atoms with Crippen molar-refractivity contribution in [2.45, 2.75) is 13.3 Å². The molecule has 32 heavy (non-hydrogen) atoms. The highest BCUT2D eigenvalue weighted by molar-refractivity contribution is 6.03. The number of nitrogens with one attached hydrogen (secondary N) is 1. The van der Waals surface area contributed by atoms with Gasteiger partial charge in [-0.25, -0.2) is 9.37 Å². The smallest absolute Gasteiger partial charge is 0.229 e. The summed E-state index contributed by atoms with van der Waals surface area (Å²) in [7, 11) is 0. The van der Waals surface area contributed by atoms with Crippen LogP contribution in [0.25, 0.3) is 16.9 Å². The van der Waals surface area contributed by atoms with Gasteiger partial charge in [0, 0.05) is 42.3 Å². The summed E-state index contributed by atoms with van der Waals surface area (Å²) in [6.07, 6.45) is 4.04. The first-order valence-corrected chi connectivity index (χ1v) is 10.4. The van der Waals surface area contributed by atoms with Crippen LogP contribution in [0.3, 0.4) is 0 Å². The van der Waals surface area contributed by atoms with Crippen molar-refractivity contribution in [1.29, 1.82) is 0 Å². The number of fused-ring (bicyclic) bond motifs is 1. The zero-order valence-corrected chi connectivity index (χ0v) is 17.5. The highest BCUT2D eigenvalue weighted by Gasteiger charge is 2.35. The third-order valence-electron chi connectivity index (χ3n) is 5.68. The first kappa shape index (κ1) is 19.9. The lowest BCUT2D eigenvalue weighted by molar-refractivity contribution is -0.122. The third kappa shape index (κ3) is 3.85. The minimum Gasteiger partial charge on any atom is -0.326 e. The lowest BCUT2D eigenvalue weighted by atomic mass is 10.1. The molecule has 1 aliphatic heterocycles. The molecule has 0 aliphatic carbocycles. The van der Waals surface area contributed by atoms with Crippen molar-refractivity contribution in [1.82, 2.24) is 9.38 Å². The van der Waals surface area contributed by atoms with Crippen LogP contribution in [0, 0.1) is 18.7 Å². The highest BCUT2D eigenvalue weighted by atomic mass is 19.1. The lowest BCUT2D eigenvalue weighted by Gasteiger charge is -2.16. The molecule has 2 amide bonds. The Bertz CT molecular complexity index is 1330. The SMILES string of the molecule is Cc1ccn2cc(-c3cccc(NC(=O)[C@H]4CC(=O)N(c5ccc(F)cc5)C4)c3)nc2c1. The van der Waals surface area contributed by atoms with Crippen LogP contribution in [0.2, 0.25) is 0 Å². The molecule has 0 unspecified atom stereocenters. The Morgan fingerprint density at radius 3 is 2.75 bits per heavy atom. The fourth-order valence-corrected chi connectivity index (χ4v) is 3.98. The number of aromatic nitrogens is 2. The zero-order valence-electron chi connectivity index (χ0n) is 17.5. The van der Waals surface area contributed by atoms with Gasteiger partial charge < -0.3 is 14.6 Å². The Hall–Kier alpha value is -4.00. The van der Waals surface area contributed by atoms with E-state index >= 15 is 0 Å². The molecule has 1 fully saturated rings. The van der Waals surface area contributed by atoms with Gasteiger partial charge in [-0.1, -0.05) is 12.1 Å². The first-order chi connectivity index (χ1) is 15.5. The second-order valence-corrected chi connectivity index (χ2v) is 8.05. The molecule has 3 heterocycles. The summed E-state index contributed by atoms with van der Waals surface area (Å²) in [6, 6.07) is 17.2. The molecule has 1 aliphatic rings. The number of carbonyl (C=O) groups excluding carboxylic acids is 2. The largest absolute Gasteiger partial charge is 0.326 e. The number of anilines is 2. The van der Waals surface area contributed by atoms with Crippen LogP contribution < -0.4 is 10.2 Å². The van der Waals surface area contributed by atoms with E-state index < -0.39 is 5.92 Å². The molecule has 1 saturated heterocycles.